The molecule has 1 fully saturated rings. The zero-order valence-electron chi connectivity index (χ0n) is 6.92. The molecule has 0 amide bonds. The van der Waals surface area contributed by atoms with Crippen molar-refractivity contribution in [2.24, 2.45) is 11.3 Å². The fourth-order valence-corrected chi connectivity index (χ4v) is 3.22. The molecular formula is C9H11BrO2. The lowest BCUT2D eigenvalue weighted by molar-refractivity contribution is -0.148. The van der Waals surface area contributed by atoms with Crippen LogP contribution in [0.1, 0.15) is 12.8 Å². The minimum absolute atomic E-state index is 0.0966. The minimum atomic E-state index is -0.348. The average Bonchev–Trinajstić information content (AvgIpc) is 2.60. The highest BCUT2D eigenvalue weighted by Crippen LogP contribution is 2.53. The van der Waals surface area contributed by atoms with Gasteiger partial charge in [0.1, 0.15) is 0 Å². The van der Waals surface area contributed by atoms with Gasteiger partial charge in [-0.1, -0.05) is 28.1 Å². The van der Waals surface area contributed by atoms with Crippen molar-refractivity contribution in [2.75, 3.05) is 7.11 Å². The van der Waals surface area contributed by atoms with E-state index in [1.54, 1.807) is 0 Å². The van der Waals surface area contributed by atoms with Gasteiger partial charge in [0, 0.05) is 4.83 Å². The number of hydrogen-bond acceptors (Lipinski definition) is 2. The number of methoxy groups -OCH3 is 1. The van der Waals surface area contributed by atoms with E-state index in [0.717, 1.165) is 12.8 Å². The summed E-state index contributed by atoms with van der Waals surface area (Å²) >= 11 is 3.54. The van der Waals surface area contributed by atoms with Gasteiger partial charge in [-0.25, -0.2) is 0 Å². The van der Waals surface area contributed by atoms with Crippen molar-refractivity contribution >= 4 is 21.9 Å². The van der Waals surface area contributed by atoms with Crippen LogP contribution in [0.25, 0.3) is 0 Å². The molecule has 2 bridgehead atoms. The second-order valence-electron chi connectivity index (χ2n) is 3.56. The fourth-order valence-electron chi connectivity index (χ4n) is 2.22. The maximum absolute atomic E-state index is 11.5. The molecule has 0 aromatic carbocycles. The van der Waals surface area contributed by atoms with Gasteiger partial charge in [0.2, 0.25) is 0 Å². The third-order valence-corrected chi connectivity index (χ3v) is 4.09. The summed E-state index contributed by atoms with van der Waals surface area (Å²) in [6.07, 6.45) is 6.13. The van der Waals surface area contributed by atoms with Crippen LogP contribution < -0.4 is 0 Å². The fraction of sp³-hybridized carbons (Fsp3) is 0.667. The zero-order valence-corrected chi connectivity index (χ0v) is 8.50. The first-order valence-electron chi connectivity index (χ1n) is 4.11. The van der Waals surface area contributed by atoms with Crippen molar-refractivity contribution in [3.05, 3.63) is 12.2 Å². The number of fused-ring (bicyclic) bond motifs is 2. The minimum Gasteiger partial charge on any atom is -0.468 e. The Labute approximate surface area is 80.1 Å². The zero-order chi connectivity index (χ0) is 8.77. The predicted molar refractivity (Wildman–Crippen MR) is 49.0 cm³/mol. The molecule has 12 heavy (non-hydrogen) atoms. The topological polar surface area (TPSA) is 26.3 Å². The highest BCUT2D eigenvalue weighted by molar-refractivity contribution is 9.09. The highest BCUT2D eigenvalue weighted by atomic mass is 79.9. The van der Waals surface area contributed by atoms with Gasteiger partial charge in [0.25, 0.3) is 0 Å². The van der Waals surface area contributed by atoms with Crippen LogP contribution in [0, 0.1) is 11.3 Å². The van der Waals surface area contributed by atoms with Crippen LogP contribution in [0.4, 0.5) is 0 Å². The van der Waals surface area contributed by atoms with Gasteiger partial charge in [0.05, 0.1) is 12.5 Å². The third kappa shape index (κ3) is 0.889. The third-order valence-electron chi connectivity index (χ3n) is 2.90. The summed E-state index contributed by atoms with van der Waals surface area (Å²) in [6.45, 7) is 0. The first kappa shape index (κ1) is 8.30. The maximum atomic E-state index is 11.5. The summed E-state index contributed by atoms with van der Waals surface area (Å²) in [5.74, 6) is 0.481. The van der Waals surface area contributed by atoms with Crippen molar-refractivity contribution in [3.8, 4) is 0 Å². The molecule has 0 radical (unpaired) electrons. The first-order valence-corrected chi connectivity index (χ1v) is 5.02. The Morgan fingerprint density at radius 3 is 2.92 bits per heavy atom. The highest BCUT2D eigenvalue weighted by Gasteiger charge is 2.53. The summed E-state index contributed by atoms with van der Waals surface area (Å²) in [4.78, 5) is 11.8. The quantitative estimate of drug-likeness (QED) is 0.391. The van der Waals surface area contributed by atoms with E-state index in [0.29, 0.717) is 5.92 Å². The maximum Gasteiger partial charge on any atom is 0.316 e. The second kappa shape index (κ2) is 2.59. The van der Waals surface area contributed by atoms with Crippen LogP contribution in [0.2, 0.25) is 0 Å². The molecule has 2 rings (SSSR count). The first-order chi connectivity index (χ1) is 5.69. The Bertz CT molecular complexity index is 249. The number of carbonyl (C=O) groups excluding carboxylic acids is 1. The second-order valence-corrected chi connectivity index (χ2v) is 4.66. The molecule has 0 aromatic heterocycles. The number of alkyl halides is 1. The average molecular weight is 231 g/mol. The Kier molecular flexibility index (Phi) is 1.79. The van der Waals surface area contributed by atoms with Gasteiger partial charge in [-0.2, -0.15) is 0 Å². The summed E-state index contributed by atoms with van der Waals surface area (Å²) < 4.78 is 4.81. The molecule has 0 saturated heterocycles. The molecule has 1 saturated carbocycles. The molecule has 0 N–H and O–H groups in total. The molecule has 0 aliphatic heterocycles. The predicted octanol–water partition coefficient (Wildman–Crippen LogP) is 1.89. The number of hydrogen-bond donors (Lipinski definition) is 0. The largest absolute Gasteiger partial charge is 0.468 e. The van der Waals surface area contributed by atoms with Gasteiger partial charge in [-0.15, -0.1) is 0 Å². The van der Waals surface area contributed by atoms with E-state index in [2.05, 4.69) is 22.0 Å². The molecule has 0 aromatic rings. The summed E-state index contributed by atoms with van der Waals surface area (Å²) in [7, 11) is 1.45. The van der Waals surface area contributed by atoms with E-state index in [1.165, 1.54) is 7.11 Å². The molecule has 66 valence electrons. The number of esters is 1. The van der Waals surface area contributed by atoms with Crippen molar-refractivity contribution in [3.63, 3.8) is 0 Å². The molecule has 0 heterocycles. The molecule has 0 spiro atoms. The van der Waals surface area contributed by atoms with E-state index in [4.69, 9.17) is 4.74 Å². The summed E-state index contributed by atoms with van der Waals surface area (Å²) in [5, 5.41) is 0. The monoisotopic (exact) mass is 230 g/mol. The Hall–Kier alpha value is -0.310. The number of allylic oxidation sites excluding steroid dienone is 1. The van der Waals surface area contributed by atoms with Crippen molar-refractivity contribution < 1.29 is 9.53 Å². The van der Waals surface area contributed by atoms with Crippen LogP contribution in [-0.4, -0.2) is 17.9 Å². The van der Waals surface area contributed by atoms with Crippen molar-refractivity contribution in [1.29, 1.82) is 0 Å². The van der Waals surface area contributed by atoms with Crippen LogP contribution >= 0.6 is 15.9 Å². The molecular weight excluding hydrogens is 220 g/mol. The molecule has 2 nitrogen and oxygen atoms in total. The van der Waals surface area contributed by atoms with Crippen LogP contribution in [0.15, 0.2) is 12.2 Å². The Morgan fingerprint density at radius 2 is 2.50 bits per heavy atom. The summed E-state index contributed by atoms with van der Waals surface area (Å²) in [5.41, 5.74) is -0.348. The molecule has 3 atom stereocenters. The number of halogens is 1. The van der Waals surface area contributed by atoms with Gasteiger partial charge >= 0.3 is 5.97 Å². The van der Waals surface area contributed by atoms with Gasteiger partial charge in [0.15, 0.2) is 0 Å². The lowest BCUT2D eigenvalue weighted by Gasteiger charge is -2.24. The Morgan fingerprint density at radius 1 is 1.75 bits per heavy atom. The lowest BCUT2D eigenvalue weighted by Crippen LogP contribution is -2.33. The molecule has 3 heteroatoms. The van der Waals surface area contributed by atoms with Crippen LogP contribution in [-0.2, 0) is 9.53 Å². The van der Waals surface area contributed by atoms with Crippen molar-refractivity contribution in [1.82, 2.24) is 0 Å². The number of rotatable bonds is 1. The molecule has 2 aliphatic rings. The molecule has 2 aliphatic carbocycles. The Balaban J connectivity index is 2.31. The molecule has 3 unspecified atom stereocenters. The SMILES string of the molecule is COC(=O)C12C=CC(CC1Br)C2. The lowest BCUT2D eigenvalue weighted by atomic mass is 9.88. The smallest absolute Gasteiger partial charge is 0.316 e. The standard InChI is InChI=1S/C9H11BrO2/c1-12-8(11)9-3-2-6(5-9)4-7(9)10/h2-3,6-7H,4-5H2,1H3. The number of carbonyl (C=O) groups is 1. The summed E-state index contributed by atoms with van der Waals surface area (Å²) in [6, 6.07) is 0. The van der Waals surface area contributed by atoms with Crippen molar-refractivity contribution in [2.45, 2.75) is 17.7 Å². The van der Waals surface area contributed by atoms with E-state index >= 15 is 0 Å². The van der Waals surface area contributed by atoms with Crippen LogP contribution in [0.3, 0.4) is 0 Å². The van der Waals surface area contributed by atoms with Gasteiger partial charge in [-0.05, 0) is 18.8 Å². The van der Waals surface area contributed by atoms with E-state index in [9.17, 15) is 4.79 Å². The normalized spacial score (nSPS) is 43.5. The van der Waals surface area contributed by atoms with E-state index in [-0.39, 0.29) is 16.2 Å². The van der Waals surface area contributed by atoms with Crippen LogP contribution in [0.5, 0.6) is 0 Å². The van der Waals surface area contributed by atoms with E-state index in [1.807, 2.05) is 6.08 Å². The van der Waals surface area contributed by atoms with E-state index < -0.39 is 0 Å². The van der Waals surface area contributed by atoms with Gasteiger partial charge in [-0.3, -0.25) is 4.79 Å². The number of ether oxygens (including phenoxy) is 1. The van der Waals surface area contributed by atoms with Gasteiger partial charge < -0.3 is 4.74 Å².